The molecule has 1 heterocycles. The normalized spacial score (nSPS) is 11.1. The quantitative estimate of drug-likeness (QED) is 0.459. The van der Waals surface area contributed by atoms with Crippen molar-refractivity contribution in [3.63, 3.8) is 0 Å². The maximum Gasteiger partial charge on any atom is 0.387 e. The first-order valence-corrected chi connectivity index (χ1v) is 8.12. The van der Waals surface area contributed by atoms with Gasteiger partial charge in [-0.1, -0.05) is 0 Å². The van der Waals surface area contributed by atoms with E-state index in [-0.39, 0.29) is 24.4 Å². The van der Waals surface area contributed by atoms with Gasteiger partial charge in [0.2, 0.25) is 11.8 Å². The fraction of sp³-hybridized carbons (Fsp3) is 0.222. The second-order valence-electron chi connectivity index (χ2n) is 5.36. The largest absolute Gasteiger partial charge is 0.467 e. The molecule has 0 spiro atoms. The number of furan rings is 1. The average Bonchev–Trinajstić information content (AvgIpc) is 3.16. The van der Waals surface area contributed by atoms with Crippen LogP contribution in [0, 0.1) is 0 Å². The van der Waals surface area contributed by atoms with Crippen LogP contribution >= 0.6 is 0 Å². The van der Waals surface area contributed by atoms with Crippen molar-refractivity contribution in [1.29, 1.82) is 0 Å². The third-order valence-electron chi connectivity index (χ3n) is 3.30. The highest BCUT2D eigenvalue weighted by atomic mass is 19.3. The summed E-state index contributed by atoms with van der Waals surface area (Å²) in [6.07, 6.45) is 3.55. The molecule has 0 bridgehead atoms. The molecule has 1 aromatic heterocycles. The second kappa shape index (κ2) is 10.7. The Morgan fingerprint density at radius 3 is 2.48 bits per heavy atom. The Labute approximate surface area is 162 Å². The third-order valence-corrected chi connectivity index (χ3v) is 3.30. The summed E-state index contributed by atoms with van der Waals surface area (Å²) in [5.41, 5.74) is 0.0179. The molecule has 0 atom stereocenters. The first-order chi connectivity index (χ1) is 13.8. The van der Waals surface area contributed by atoms with Crippen molar-refractivity contribution in [2.75, 3.05) is 6.54 Å². The fourth-order valence-corrected chi connectivity index (χ4v) is 2.08. The predicted octanol–water partition coefficient (Wildman–Crippen LogP) is 2.93. The van der Waals surface area contributed by atoms with Crippen molar-refractivity contribution in [3.05, 3.63) is 54.0 Å². The molecule has 1 aromatic carbocycles. The molecule has 29 heavy (non-hydrogen) atoms. The van der Waals surface area contributed by atoms with Crippen LogP contribution in [0.25, 0.3) is 6.08 Å². The maximum absolute atomic E-state index is 12.5. The number of halogens is 4. The van der Waals surface area contributed by atoms with E-state index in [0.29, 0.717) is 5.76 Å². The lowest BCUT2D eigenvalue weighted by Gasteiger charge is -2.11. The van der Waals surface area contributed by atoms with Gasteiger partial charge in [-0.15, -0.1) is 0 Å². The third kappa shape index (κ3) is 7.95. The highest BCUT2D eigenvalue weighted by Crippen LogP contribution is 2.28. The molecule has 2 rings (SSSR count). The first-order valence-electron chi connectivity index (χ1n) is 8.12. The van der Waals surface area contributed by atoms with Gasteiger partial charge < -0.3 is 24.5 Å². The van der Waals surface area contributed by atoms with Gasteiger partial charge in [0.05, 0.1) is 19.4 Å². The van der Waals surface area contributed by atoms with Crippen LogP contribution < -0.4 is 20.1 Å². The predicted molar refractivity (Wildman–Crippen MR) is 92.3 cm³/mol. The zero-order valence-corrected chi connectivity index (χ0v) is 14.7. The van der Waals surface area contributed by atoms with E-state index >= 15 is 0 Å². The van der Waals surface area contributed by atoms with Crippen LogP contribution in [0.4, 0.5) is 17.6 Å². The van der Waals surface area contributed by atoms with E-state index < -0.39 is 30.8 Å². The number of nitrogens with one attached hydrogen (secondary N) is 2. The Morgan fingerprint density at radius 1 is 1.07 bits per heavy atom. The lowest BCUT2D eigenvalue weighted by Crippen LogP contribution is -2.35. The number of rotatable bonds is 10. The second-order valence-corrected chi connectivity index (χ2v) is 5.36. The minimum absolute atomic E-state index is 0.0179. The monoisotopic (exact) mass is 416 g/mol. The molecule has 156 valence electrons. The molecule has 0 saturated carbocycles. The summed E-state index contributed by atoms with van der Waals surface area (Å²) >= 11 is 0. The number of benzene rings is 1. The van der Waals surface area contributed by atoms with Gasteiger partial charge in [0.15, 0.2) is 0 Å². The van der Waals surface area contributed by atoms with Crippen molar-refractivity contribution < 1.29 is 41.0 Å². The minimum atomic E-state index is -3.21. The molecule has 2 N–H and O–H groups in total. The van der Waals surface area contributed by atoms with E-state index in [2.05, 4.69) is 20.1 Å². The molecule has 0 saturated heterocycles. The van der Waals surface area contributed by atoms with Crippen LogP contribution in [0.1, 0.15) is 11.3 Å². The molecular formula is C18H16F4N2O5. The van der Waals surface area contributed by atoms with Gasteiger partial charge >= 0.3 is 13.2 Å². The summed E-state index contributed by atoms with van der Waals surface area (Å²) in [5, 5.41) is 4.82. The highest BCUT2D eigenvalue weighted by Gasteiger charge is 2.12. The number of hydrogen-bond acceptors (Lipinski definition) is 5. The summed E-state index contributed by atoms with van der Waals surface area (Å²) in [5.74, 6) is -1.47. The molecule has 0 fully saturated rings. The number of amides is 2. The van der Waals surface area contributed by atoms with E-state index in [1.54, 1.807) is 12.1 Å². The Kier molecular flexibility index (Phi) is 8.07. The van der Waals surface area contributed by atoms with Gasteiger partial charge in [-0.2, -0.15) is 17.6 Å². The molecule has 0 aliphatic rings. The van der Waals surface area contributed by atoms with Gasteiger partial charge in [0, 0.05) is 17.7 Å². The first kappa shape index (κ1) is 21.8. The maximum atomic E-state index is 12.5. The zero-order valence-electron chi connectivity index (χ0n) is 14.7. The molecular weight excluding hydrogens is 400 g/mol. The summed E-state index contributed by atoms with van der Waals surface area (Å²) in [6, 6.07) is 6.43. The Balaban J connectivity index is 1.91. The van der Waals surface area contributed by atoms with Crippen molar-refractivity contribution >= 4 is 17.9 Å². The van der Waals surface area contributed by atoms with Crippen LogP contribution in [-0.2, 0) is 16.1 Å². The van der Waals surface area contributed by atoms with Gasteiger partial charge in [0.1, 0.15) is 17.3 Å². The average molecular weight is 416 g/mol. The smallest absolute Gasteiger partial charge is 0.387 e. The van der Waals surface area contributed by atoms with Gasteiger partial charge in [-0.05, 0) is 30.3 Å². The van der Waals surface area contributed by atoms with Crippen LogP contribution in [0.3, 0.4) is 0 Å². The molecule has 11 heteroatoms. The van der Waals surface area contributed by atoms with E-state index in [9.17, 15) is 27.2 Å². The van der Waals surface area contributed by atoms with Crippen molar-refractivity contribution in [2.24, 2.45) is 0 Å². The van der Waals surface area contributed by atoms with E-state index in [1.165, 1.54) is 6.26 Å². The Hall–Kier alpha value is -3.50. The molecule has 0 unspecified atom stereocenters. The van der Waals surface area contributed by atoms with Gasteiger partial charge in [0.25, 0.3) is 0 Å². The van der Waals surface area contributed by atoms with Gasteiger partial charge in [-0.25, -0.2) is 0 Å². The highest BCUT2D eigenvalue weighted by molar-refractivity contribution is 5.94. The van der Waals surface area contributed by atoms with Gasteiger partial charge in [-0.3, -0.25) is 9.59 Å². The summed E-state index contributed by atoms with van der Waals surface area (Å²) in [4.78, 5) is 23.4. The molecule has 2 aromatic rings. The standard InChI is InChI=1S/C18H16F4N2O5/c19-17(20)28-12-5-3-11(14(8-12)29-18(21)22)4-6-15(25)24-10-16(26)23-9-13-2-1-7-27-13/h1-8,17-18H,9-10H2,(H,23,26)(H,24,25). The lowest BCUT2D eigenvalue weighted by molar-refractivity contribution is -0.124. The summed E-state index contributed by atoms with van der Waals surface area (Å²) in [6.45, 7) is -6.53. The number of carbonyl (C=O) groups excluding carboxylic acids is 2. The Bertz CT molecular complexity index is 841. The van der Waals surface area contributed by atoms with Crippen LogP contribution in [0.2, 0.25) is 0 Å². The molecule has 2 amide bonds. The van der Waals surface area contributed by atoms with Crippen molar-refractivity contribution in [1.82, 2.24) is 10.6 Å². The van der Waals surface area contributed by atoms with Crippen LogP contribution in [0.5, 0.6) is 11.5 Å². The minimum Gasteiger partial charge on any atom is -0.467 e. The van der Waals surface area contributed by atoms with Crippen LogP contribution in [-0.4, -0.2) is 31.6 Å². The fourth-order valence-electron chi connectivity index (χ4n) is 2.08. The van der Waals surface area contributed by atoms with Crippen LogP contribution in [0.15, 0.2) is 47.1 Å². The topological polar surface area (TPSA) is 89.8 Å². The lowest BCUT2D eigenvalue weighted by atomic mass is 10.1. The SMILES string of the molecule is O=C(C=Cc1ccc(OC(F)F)cc1OC(F)F)NCC(=O)NCc1ccco1. The molecule has 0 aliphatic carbocycles. The van der Waals surface area contributed by atoms with E-state index in [0.717, 1.165) is 30.4 Å². The number of alkyl halides is 4. The van der Waals surface area contributed by atoms with E-state index in [1.807, 2.05) is 0 Å². The molecule has 0 aliphatic heterocycles. The summed E-state index contributed by atoms with van der Waals surface area (Å²) < 4.78 is 62.9. The van der Waals surface area contributed by atoms with Crippen molar-refractivity contribution in [3.8, 4) is 11.5 Å². The Morgan fingerprint density at radius 2 is 1.83 bits per heavy atom. The van der Waals surface area contributed by atoms with Crippen molar-refractivity contribution in [2.45, 2.75) is 19.8 Å². The molecule has 7 nitrogen and oxygen atoms in total. The van der Waals surface area contributed by atoms with E-state index in [4.69, 9.17) is 4.42 Å². The number of carbonyl (C=O) groups is 2. The zero-order chi connectivity index (χ0) is 21.2. The number of ether oxygens (including phenoxy) is 2. The molecule has 0 radical (unpaired) electrons. The number of hydrogen-bond donors (Lipinski definition) is 2. The summed E-state index contributed by atoms with van der Waals surface area (Å²) in [7, 11) is 0.